The molecule has 2 heterocycles. The molecule has 0 spiro atoms. The molecule has 156 valence electrons. The summed E-state index contributed by atoms with van der Waals surface area (Å²) >= 11 is 11.9. The second-order valence-electron chi connectivity index (χ2n) is 6.42. The summed E-state index contributed by atoms with van der Waals surface area (Å²) in [6.45, 7) is 6.48. The van der Waals surface area contributed by atoms with Crippen LogP contribution in [0.25, 0.3) is 0 Å². The van der Waals surface area contributed by atoms with Gasteiger partial charge in [-0.25, -0.2) is 9.97 Å². The molecule has 1 saturated heterocycles. The van der Waals surface area contributed by atoms with Gasteiger partial charge in [0.05, 0.1) is 5.02 Å². The Morgan fingerprint density at radius 3 is 2.69 bits per heavy atom. The van der Waals surface area contributed by atoms with Crippen molar-refractivity contribution in [1.82, 2.24) is 20.3 Å². The number of nitrogen functional groups attached to an aromatic ring is 1. The predicted molar refractivity (Wildman–Crippen MR) is 114 cm³/mol. The SMILES string of the molecule is CCN1CCN(c2ncnc(NNC(=O)COc3ccc(Cl)cc3Cl)c2N)CC1. The summed E-state index contributed by atoms with van der Waals surface area (Å²) in [4.78, 5) is 24.9. The number of ether oxygens (including phenoxy) is 1. The number of hydrogen-bond acceptors (Lipinski definition) is 8. The normalized spacial score (nSPS) is 14.5. The molecule has 3 rings (SSSR count). The number of rotatable bonds is 7. The van der Waals surface area contributed by atoms with E-state index < -0.39 is 5.91 Å². The Morgan fingerprint density at radius 1 is 1.24 bits per heavy atom. The van der Waals surface area contributed by atoms with Crippen LogP contribution in [-0.4, -0.2) is 60.1 Å². The lowest BCUT2D eigenvalue weighted by Gasteiger charge is -2.35. The molecular weight excluding hydrogens is 417 g/mol. The highest BCUT2D eigenvalue weighted by atomic mass is 35.5. The lowest BCUT2D eigenvalue weighted by atomic mass is 10.3. The Morgan fingerprint density at radius 2 is 2.00 bits per heavy atom. The number of nitrogens with two attached hydrogens (primary N) is 1. The molecule has 0 radical (unpaired) electrons. The number of carbonyl (C=O) groups excluding carboxylic acids is 1. The van der Waals surface area contributed by atoms with Crippen molar-refractivity contribution in [2.24, 2.45) is 0 Å². The molecule has 2 aromatic rings. The van der Waals surface area contributed by atoms with Gasteiger partial charge in [0.1, 0.15) is 17.8 Å². The summed E-state index contributed by atoms with van der Waals surface area (Å²) in [5, 5.41) is 0.811. The number of halogens is 2. The van der Waals surface area contributed by atoms with Crippen LogP contribution >= 0.6 is 23.2 Å². The van der Waals surface area contributed by atoms with Crippen molar-refractivity contribution < 1.29 is 9.53 Å². The zero-order valence-corrected chi connectivity index (χ0v) is 17.5. The number of hydrazine groups is 1. The number of anilines is 3. The standard InChI is InChI=1S/C18H23Cl2N7O2/c1-2-26-5-7-27(8-6-26)18-16(21)17(22-11-23-18)25-24-15(28)10-29-14-4-3-12(19)9-13(14)20/h3-4,9,11H,2,5-8,10,21H2,1H3,(H,24,28)(H,22,23,25). The number of nitrogens with one attached hydrogen (secondary N) is 2. The van der Waals surface area contributed by atoms with Crippen molar-refractivity contribution in [2.75, 3.05) is 55.4 Å². The zero-order chi connectivity index (χ0) is 20.8. The summed E-state index contributed by atoms with van der Waals surface area (Å²) in [6.07, 6.45) is 1.41. The minimum atomic E-state index is -0.424. The minimum absolute atomic E-state index is 0.245. The van der Waals surface area contributed by atoms with Crippen molar-refractivity contribution in [2.45, 2.75) is 6.92 Å². The molecule has 11 heteroatoms. The smallest absolute Gasteiger partial charge is 0.276 e. The van der Waals surface area contributed by atoms with Crippen LogP contribution in [0.2, 0.25) is 10.0 Å². The van der Waals surface area contributed by atoms with Crippen molar-refractivity contribution in [1.29, 1.82) is 0 Å². The van der Waals surface area contributed by atoms with Crippen LogP contribution in [0.5, 0.6) is 5.75 Å². The number of hydrogen-bond donors (Lipinski definition) is 3. The third kappa shape index (κ3) is 5.53. The zero-order valence-electron chi connectivity index (χ0n) is 16.0. The van der Waals surface area contributed by atoms with E-state index in [9.17, 15) is 4.79 Å². The molecule has 9 nitrogen and oxygen atoms in total. The van der Waals surface area contributed by atoms with E-state index in [0.717, 1.165) is 32.7 Å². The van der Waals surface area contributed by atoms with E-state index in [1.807, 2.05) is 0 Å². The van der Waals surface area contributed by atoms with Gasteiger partial charge in [0.25, 0.3) is 5.91 Å². The van der Waals surface area contributed by atoms with Gasteiger partial charge in [-0.1, -0.05) is 30.1 Å². The summed E-state index contributed by atoms with van der Waals surface area (Å²) in [5.74, 6) is 0.913. The number of likely N-dealkylation sites (N-methyl/N-ethyl adjacent to an activating group) is 1. The lowest BCUT2D eigenvalue weighted by molar-refractivity contribution is -0.122. The molecule has 4 N–H and O–H groups in total. The summed E-state index contributed by atoms with van der Waals surface area (Å²) in [7, 11) is 0. The maximum absolute atomic E-state index is 12.1. The highest BCUT2D eigenvalue weighted by Crippen LogP contribution is 2.28. The molecule has 1 aromatic heterocycles. The predicted octanol–water partition coefficient (Wildman–Crippen LogP) is 2.03. The third-order valence-corrected chi connectivity index (χ3v) is 5.09. The second kappa shape index (κ2) is 9.82. The van der Waals surface area contributed by atoms with Gasteiger partial charge in [-0.05, 0) is 24.7 Å². The fourth-order valence-corrected chi connectivity index (χ4v) is 3.38. The molecule has 0 saturated carbocycles. The quantitative estimate of drug-likeness (QED) is 0.562. The molecule has 1 aliphatic heterocycles. The number of nitrogens with zero attached hydrogens (tertiary/aromatic N) is 4. The van der Waals surface area contributed by atoms with Crippen molar-refractivity contribution in [3.05, 3.63) is 34.6 Å². The Balaban J connectivity index is 1.54. The first-order valence-electron chi connectivity index (χ1n) is 9.18. The fraction of sp³-hybridized carbons (Fsp3) is 0.389. The largest absolute Gasteiger partial charge is 0.482 e. The molecule has 1 aromatic carbocycles. The van der Waals surface area contributed by atoms with Crippen LogP contribution in [-0.2, 0) is 4.79 Å². The van der Waals surface area contributed by atoms with Gasteiger partial charge >= 0.3 is 0 Å². The molecule has 29 heavy (non-hydrogen) atoms. The number of piperazine rings is 1. The maximum Gasteiger partial charge on any atom is 0.276 e. The number of aromatic nitrogens is 2. The Hall–Kier alpha value is -2.49. The van der Waals surface area contributed by atoms with E-state index in [1.54, 1.807) is 12.1 Å². The molecule has 1 aliphatic rings. The third-order valence-electron chi connectivity index (χ3n) is 4.55. The molecule has 1 fully saturated rings. The topological polar surface area (TPSA) is 109 Å². The summed E-state index contributed by atoms with van der Waals surface area (Å²) in [5.41, 5.74) is 11.8. The van der Waals surface area contributed by atoms with E-state index >= 15 is 0 Å². The summed E-state index contributed by atoms with van der Waals surface area (Å²) in [6, 6.07) is 4.76. The molecule has 1 amide bonds. The molecule has 0 aliphatic carbocycles. The van der Waals surface area contributed by atoms with Crippen LogP contribution in [0, 0.1) is 0 Å². The van der Waals surface area contributed by atoms with E-state index in [1.165, 1.54) is 12.4 Å². The number of benzene rings is 1. The van der Waals surface area contributed by atoms with Crippen LogP contribution in [0.4, 0.5) is 17.3 Å². The fourth-order valence-electron chi connectivity index (χ4n) is 2.91. The van der Waals surface area contributed by atoms with Crippen LogP contribution in [0.3, 0.4) is 0 Å². The monoisotopic (exact) mass is 439 g/mol. The number of amides is 1. The molecular formula is C18H23Cl2N7O2. The summed E-state index contributed by atoms with van der Waals surface area (Å²) < 4.78 is 5.39. The Kier molecular flexibility index (Phi) is 7.18. The molecule has 0 bridgehead atoms. The van der Waals surface area contributed by atoms with Gasteiger partial charge in [0.2, 0.25) is 0 Å². The van der Waals surface area contributed by atoms with Gasteiger partial charge < -0.3 is 20.3 Å². The Labute approximate surface area is 179 Å². The second-order valence-corrected chi connectivity index (χ2v) is 7.26. The van der Waals surface area contributed by atoms with Gasteiger partial charge in [0.15, 0.2) is 18.2 Å². The van der Waals surface area contributed by atoms with Crippen LogP contribution < -0.4 is 26.2 Å². The molecule has 0 atom stereocenters. The van der Waals surface area contributed by atoms with E-state index in [-0.39, 0.29) is 6.61 Å². The maximum atomic E-state index is 12.1. The minimum Gasteiger partial charge on any atom is -0.482 e. The van der Waals surface area contributed by atoms with Gasteiger partial charge in [-0.2, -0.15) is 0 Å². The van der Waals surface area contributed by atoms with Crippen molar-refractivity contribution in [3.8, 4) is 5.75 Å². The van der Waals surface area contributed by atoms with Gasteiger partial charge in [-0.3, -0.25) is 15.6 Å². The average Bonchev–Trinajstić information content (AvgIpc) is 2.72. The molecule has 0 unspecified atom stereocenters. The van der Waals surface area contributed by atoms with Crippen molar-refractivity contribution >= 4 is 46.4 Å². The van der Waals surface area contributed by atoms with Gasteiger partial charge in [-0.15, -0.1) is 0 Å². The lowest BCUT2D eigenvalue weighted by Crippen LogP contribution is -2.46. The first kappa shape index (κ1) is 21.2. The van der Waals surface area contributed by atoms with Gasteiger partial charge in [0, 0.05) is 31.2 Å². The van der Waals surface area contributed by atoms with Crippen molar-refractivity contribution in [3.63, 3.8) is 0 Å². The first-order chi connectivity index (χ1) is 14.0. The average molecular weight is 440 g/mol. The first-order valence-corrected chi connectivity index (χ1v) is 9.94. The highest BCUT2D eigenvalue weighted by Gasteiger charge is 2.20. The highest BCUT2D eigenvalue weighted by molar-refractivity contribution is 6.35. The van der Waals surface area contributed by atoms with Crippen LogP contribution in [0.15, 0.2) is 24.5 Å². The van der Waals surface area contributed by atoms with Crippen LogP contribution in [0.1, 0.15) is 6.92 Å². The van der Waals surface area contributed by atoms with E-state index in [4.69, 9.17) is 33.7 Å². The van der Waals surface area contributed by atoms with E-state index in [0.29, 0.717) is 33.1 Å². The van der Waals surface area contributed by atoms with E-state index in [2.05, 4.69) is 37.5 Å². The number of carbonyl (C=O) groups is 1. The Bertz CT molecular complexity index is 860.